The number of unbranched alkanes of at least 4 members (excludes halogenated alkanes) is 7. The molecule has 0 aromatic carbocycles. The van der Waals surface area contributed by atoms with E-state index in [-0.39, 0.29) is 8.41 Å². The van der Waals surface area contributed by atoms with Crippen molar-refractivity contribution in [2.24, 2.45) is 0 Å². The largest absolute Gasteiger partial charge is 0.331 e. The van der Waals surface area contributed by atoms with Crippen LogP contribution in [0.2, 0.25) is 0 Å². The molecule has 0 heterocycles. The van der Waals surface area contributed by atoms with E-state index in [4.69, 9.17) is 0 Å². The molecule has 0 aliphatic carbocycles. The van der Waals surface area contributed by atoms with Crippen molar-refractivity contribution in [3.05, 3.63) is 0 Å². The Labute approximate surface area is 99.4 Å². The molecule has 0 aliphatic rings. The van der Waals surface area contributed by atoms with Crippen LogP contribution in [0, 0.1) is 0 Å². The first-order valence-electron chi connectivity index (χ1n) is 6.36. The molecule has 0 saturated heterocycles. The summed E-state index contributed by atoms with van der Waals surface area (Å²) >= 11 is 0. The smallest absolute Gasteiger partial charge is 0.0780 e. The fourth-order valence-corrected chi connectivity index (χ4v) is 1.72. The molecule has 0 saturated carbocycles. The van der Waals surface area contributed by atoms with E-state index in [1.165, 1.54) is 57.9 Å². The van der Waals surface area contributed by atoms with Crippen molar-refractivity contribution in [1.29, 1.82) is 0 Å². The van der Waals surface area contributed by atoms with Crippen LogP contribution in [0.3, 0.4) is 0 Å². The van der Waals surface area contributed by atoms with Crippen LogP contribution in [0.1, 0.15) is 58.3 Å². The van der Waals surface area contributed by atoms with Crippen molar-refractivity contribution in [3.63, 3.8) is 0 Å². The summed E-state index contributed by atoms with van der Waals surface area (Å²) in [5, 5.41) is 0. The highest BCUT2D eigenvalue weighted by molar-refractivity contribution is 5.75. The summed E-state index contributed by atoms with van der Waals surface area (Å²) < 4.78 is 1.12. The molecule has 0 spiro atoms. The maximum atomic E-state index is 2.28. The van der Waals surface area contributed by atoms with Gasteiger partial charge in [0.15, 0.2) is 0 Å². The van der Waals surface area contributed by atoms with Crippen LogP contribution >= 0.6 is 0 Å². The Morgan fingerprint density at radius 1 is 0.667 bits per heavy atom. The average Bonchev–Trinajstić information content (AvgIpc) is 2.08. The number of nitrogens with zero attached hydrogens (tertiary/aromatic N) is 1. The van der Waals surface area contributed by atoms with Gasteiger partial charge < -0.3 is 4.48 Å². The second-order valence-corrected chi connectivity index (χ2v) is 5.49. The zero-order valence-corrected chi connectivity index (χ0v) is 11.4. The Morgan fingerprint density at radius 3 is 1.47 bits per heavy atom. The van der Waals surface area contributed by atoms with E-state index in [2.05, 4.69) is 28.1 Å². The average molecular weight is 211 g/mol. The van der Waals surface area contributed by atoms with Crippen molar-refractivity contribution in [3.8, 4) is 0 Å². The molecular weight excluding hydrogens is 181 g/mol. The predicted octanol–water partition coefficient (Wildman–Crippen LogP) is 3.45. The third-order valence-electron chi connectivity index (χ3n) is 2.68. The predicted molar refractivity (Wildman–Crippen MR) is 71.3 cm³/mol. The van der Waals surface area contributed by atoms with Crippen molar-refractivity contribution in [2.45, 2.75) is 58.3 Å². The first kappa shape index (κ1) is 17.4. The van der Waals surface area contributed by atoms with Gasteiger partial charge in [0.1, 0.15) is 0 Å². The molecule has 0 rings (SSSR count). The molecule has 0 atom stereocenters. The van der Waals surface area contributed by atoms with Crippen LogP contribution in [-0.4, -0.2) is 40.6 Å². The second-order valence-electron chi connectivity index (χ2n) is 5.49. The molecule has 15 heavy (non-hydrogen) atoms. The second kappa shape index (κ2) is 10.5. The Bertz CT molecular complexity index is 118. The minimum atomic E-state index is 0. The zero-order chi connectivity index (χ0) is 10.9. The molecule has 0 aromatic rings. The first-order chi connectivity index (χ1) is 6.56. The lowest BCUT2D eigenvalue weighted by molar-refractivity contribution is -0.870. The zero-order valence-electron chi connectivity index (χ0n) is 11.4. The van der Waals surface area contributed by atoms with Crippen molar-refractivity contribution in [2.75, 3.05) is 27.7 Å². The van der Waals surface area contributed by atoms with Gasteiger partial charge in [0.25, 0.3) is 0 Å². The Balaban J connectivity index is 0. The maximum absolute atomic E-state index is 2.28. The summed E-state index contributed by atoms with van der Waals surface area (Å²) in [6.07, 6.45) is 11.4. The van der Waals surface area contributed by atoms with E-state index in [0.29, 0.717) is 0 Å². The lowest BCUT2D eigenvalue weighted by Gasteiger charge is -2.23. The number of hydrogen-bond donors (Lipinski definition) is 0. The van der Waals surface area contributed by atoms with Crippen LogP contribution in [-0.2, 0) is 0 Å². The molecule has 89 valence electrons. The summed E-state index contributed by atoms with van der Waals surface area (Å²) in [6.45, 7) is 3.61. The lowest BCUT2D eigenvalue weighted by atomic mass is 10.1. The van der Waals surface area contributed by atoms with Gasteiger partial charge in [-0.1, -0.05) is 45.4 Å². The summed E-state index contributed by atoms with van der Waals surface area (Å²) in [7, 11) is 6.84. The van der Waals surface area contributed by atoms with E-state index in [0.717, 1.165) is 4.48 Å². The van der Waals surface area contributed by atoms with Crippen LogP contribution in [0.25, 0.3) is 0 Å². The Hall–Kier alpha value is 0.0249. The minimum absolute atomic E-state index is 0. The molecule has 0 aliphatic heterocycles. The monoisotopic (exact) mass is 211 g/mol. The SMILES string of the molecule is CCCCCCCCCC[N+](C)(C)C.[B]. The van der Waals surface area contributed by atoms with Crippen LogP contribution in [0.4, 0.5) is 0 Å². The highest BCUT2D eigenvalue weighted by Crippen LogP contribution is 2.09. The fourth-order valence-electron chi connectivity index (χ4n) is 1.72. The number of hydrogen-bond acceptors (Lipinski definition) is 0. The maximum Gasteiger partial charge on any atom is 0.0780 e. The third kappa shape index (κ3) is 16.7. The molecule has 0 amide bonds. The van der Waals surface area contributed by atoms with Gasteiger partial charge in [-0.15, -0.1) is 0 Å². The van der Waals surface area contributed by atoms with Gasteiger partial charge in [0, 0.05) is 8.41 Å². The van der Waals surface area contributed by atoms with Gasteiger partial charge in [0.2, 0.25) is 0 Å². The molecule has 2 heteroatoms. The van der Waals surface area contributed by atoms with E-state index in [9.17, 15) is 0 Å². The third-order valence-corrected chi connectivity index (χ3v) is 2.68. The van der Waals surface area contributed by atoms with Gasteiger partial charge >= 0.3 is 0 Å². The highest BCUT2D eigenvalue weighted by Gasteiger charge is 2.04. The Morgan fingerprint density at radius 2 is 1.07 bits per heavy atom. The summed E-state index contributed by atoms with van der Waals surface area (Å²) in [5.41, 5.74) is 0. The van der Waals surface area contributed by atoms with Gasteiger partial charge in [-0.25, -0.2) is 0 Å². The highest BCUT2D eigenvalue weighted by atomic mass is 15.3. The van der Waals surface area contributed by atoms with Gasteiger partial charge in [-0.2, -0.15) is 0 Å². The molecule has 0 aromatic heterocycles. The molecule has 3 radical (unpaired) electrons. The summed E-state index contributed by atoms with van der Waals surface area (Å²) in [4.78, 5) is 0. The van der Waals surface area contributed by atoms with E-state index >= 15 is 0 Å². The molecule has 0 bridgehead atoms. The number of quaternary nitrogens is 1. The quantitative estimate of drug-likeness (QED) is 0.311. The van der Waals surface area contributed by atoms with Crippen LogP contribution in [0.5, 0.6) is 0 Å². The van der Waals surface area contributed by atoms with Gasteiger partial charge in [-0.3, -0.25) is 0 Å². The van der Waals surface area contributed by atoms with E-state index in [1.54, 1.807) is 0 Å². The Kier molecular flexibility index (Phi) is 12.2. The lowest BCUT2D eigenvalue weighted by Crippen LogP contribution is -2.35. The number of rotatable bonds is 9. The van der Waals surface area contributed by atoms with Crippen molar-refractivity contribution >= 4 is 8.41 Å². The molecular formula is C13H30BN+. The van der Waals surface area contributed by atoms with Gasteiger partial charge in [0.05, 0.1) is 27.7 Å². The van der Waals surface area contributed by atoms with Gasteiger partial charge in [-0.05, 0) is 12.8 Å². The fraction of sp³-hybridized carbons (Fsp3) is 1.00. The summed E-state index contributed by atoms with van der Waals surface area (Å²) in [5.74, 6) is 0. The molecule has 1 nitrogen and oxygen atoms in total. The standard InChI is InChI=1S/C13H30N.B/c1-5-6-7-8-9-10-11-12-13-14(2,3)4;/h5-13H2,1-4H3;/q+1;. The first-order valence-corrected chi connectivity index (χ1v) is 6.36. The summed E-state index contributed by atoms with van der Waals surface area (Å²) in [6, 6.07) is 0. The topological polar surface area (TPSA) is 0 Å². The van der Waals surface area contributed by atoms with Crippen molar-refractivity contribution in [1.82, 2.24) is 0 Å². The van der Waals surface area contributed by atoms with Crippen molar-refractivity contribution < 1.29 is 4.48 Å². The van der Waals surface area contributed by atoms with E-state index in [1.807, 2.05) is 0 Å². The normalized spacial score (nSPS) is 11.2. The molecule has 0 unspecified atom stereocenters. The minimum Gasteiger partial charge on any atom is -0.331 e. The van der Waals surface area contributed by atoms with Crippen LogP contribution in [0.15, 0.2) is 0 Å². The van der Waals surface area contributed by atoms with Crippen LogP contribution < -0.4 is 0 Å². The molecule has 0 fully saturated rings. The molecule has 0 N–H and O–H groups in total. The van der Waals surface area contributed by atoms with E-state index < -0.39 is 0 Å².